The highest BCUT2D eigenvalue weighted by Gasteiger charge is 2.36. The van der Waals surface area contributed by atoms with E-state index in [1.54, 1.807) is 0 Å². The van der Waals surface area contributed by atoms with Crippen LogP contribution in [0.2, 0.25) is 0 Å². The van der Waals surface area contributed by atoms with Crippen molar-refractivity contribution in [1.29, 1.82) is 0 Å². The number of carbonyl (C=O) groups is 1. The van der Waals surface area contributed by atoms with Gasteiger partial charge < -0.3 is 9.47 Å². The summed E-state index contributed by atoms with van der Waals surface area (Å²) in [6, 6.07) is 0. The number of pyridine rings is 1. The van der Waals surface area contributed by atoms with Crippen molar-refractivity contribution in [2.45, 2.75) is 18.7 Å². The molecule has 0 N–H and O–H groups in total. The molecule has 0 aliphatic rings. The molecule has 0 aromatic carbocycles. The molecule has 0 radical (unpaired) electrons. The van der Waals surface area contributed by atoms with Crippen molar-refractivity contribution < 1.29 is 36.2 Å². The SMILES string of the molecule is COC(=O)c1c(CCl)cnc(OC(F)(F)F)c1C(F)F. The van der Waals surface area contributed by atoms with Gasteiger partial charge in [-0.1, -0.05) is 0 Å². The van der Waals surface area contributed by atoms with E-state index in [-0.39, 0.29) is 5.56 Å². The van der Waals surface area contributed by atoms with Gasteiger partial charge in [0, 0.05) is 17.6 Å². The molecular weight excluding hydrogens is 313 g/mol. The van der Waals surface area contributed by atoms with Crippen LogP contribution in [0, 0.1) is 0 Å². The summed E-state index contributed by atoms with van der Waals surface area (Å²) < 4.78 is 69.9. The highest BCUT2D eigenvalue weighted by molar-refractivity contribution is 6.17. The highest BCUT2D eigenvalue weighted by Crippen LogP contribution is 2.36. The third-order valence-corrected chi connectivity index (χ3v) is 2.41. The lowest BCUT2D eigenvalue weighted by atomic mass is 10.1. The molecule has 0 aliphatic heterocycles. The number of nitrogens with zero attached hydrogens (tertiary/aromatic N) is 1. The number of hydrogen-bond acceptors (Lipinski definition) is 4. The van der Waals surface area contributed by atoms with Crippen molar-refractivity contribution in [3.05, 3.63) is 22.9 Å². The first-order chi connectivity index (χ1) is 9.21. The van der Waals surface area contributed by atoms with Gasteiger partial charge in [0.25, 0.3) is 6.43 Å². The van der Waals surface area contributed by atoms with Crippen molar-refractivity contribution in [1.82, 2.24) is 4.98 Å². The van der Waals surface area contributed by atoms with Crippen LogP contribution in [0.15, 0.2) is 6.20 Å². The summed E-state index contributed by atoms with van der Waals surface area (Å²) in [5.74, 6) is -3.09. The first-order valence-corrected chi connectivity index (χ1v) is 5.44. The second-order valence-corrected chi connectivity index (χ2v) is 3.62. The third kappa shape index (κ3) is 3.69. The maximum absolute atomic E-state index is 12.9. The minimum absolute atomic E-state index is 0.191. The Labute approximate surface area is 114 Å². The number of carbonyl (C=O) groups excluding carboxylic acids is 1. The second kappa shape index (κ2) is 6.21. The van der Waals surface area contributed by atoms with Crippen LogP contribution >= 0.6 is 11.6 Å². The molecule has 0 atom stereocenters. The van der Waals surface area contributed by atoms with Crippen LogP contribution in [0.5, 0.6) is 5.88 Å². The summed E-state index contributed by atoms with van der Waals surface area (Å²) in [6.45, 7) is 0. The van der Waals surface area contributed by atoms with Gasteiger partial charge >= 0.3 is 12.3 Å². The number of rotatable bonds is 4. The molecule has 1 rings (SSSR count). The van der Waals surface area contributed by atoms with Crippen LogP contribution in [0.3, 0.4) is 0 Å². The highest BCUT2D eigenvalue weighted by atomic mass is 35.5. The predicted octanol–water partition coefficient (Wildman–Crippen LogP) is 3.44. The zero-order chi connectivity index (χ0) is 15.5. The maximum Gasteiger partial charge on any atom is 0.574 e. The van der Waals surface area contributed by atoms with Crippen molar-refractivity contribution in [3.8, 4) is 5.88 Å². The van der Waals surface area contributed by atoms with Crippen molar-refractivity contribution >= 4 is 17.6 Å². The molecule has 10 heteroatoms. The standard InChI is InChI=1S/C10H7ClF5NO3/c1-19-9(18)5-4(2-11)3-17-8(6(5)7(12)13)20-10(14,15)16/h3,7H,2H2,1H3. The van der Waals surface area contributed by atoms with E-state index >= 15 is 0 Å². The lowest BCUT2D eigenvalue weighted by molar-refractivity contribution is -0.276. The van der Waals surface area contributed by atoms with E-state index in [9.17, 15) is 26.7 Å². The van der Waals surface area contributed by atoms with Gasteiger partial charge in [0.05, 0.1) is 18.2 Å². The number of hydrogen-bond donors (Lipinski definition) is 0. The molecule has 0 saturated carbocycles. The first kappa shape index (κ1) is 16.4. The average Bonchev–Trinajstić information content (AvgIpc) is 2.34. The molecule has 0 fully saturated rings. The van der Waals surface area contributed by atoms with Crippen molar-refractivity contribution in [3.63, 3.8) is 0 Å². The van der Waals surface area contributed by atoms with Crippen molar-refractivity contribution in [2.75, 3.05) is 7.11 Å². The summed E-state index contributed by atoms with van der Waals surface area (Å²) in [5.41, 5.74) is -2.29. The second-order valence-electron chi connectivity index (χ2n) is 3.35. The lowest BCUT2D eigenvalue weighted by Crippen LogP contribution is -2.21. The smallest absolute Gasteiger partial charge is 0.465 e. The first-order valence-electron chi connectivity index (χ1n) is 4.91. The molecular formula is C10H7ClF5NO3. The molecule has 0 amide bonds. The Bertz CT molecular complexity index is 506. The lowest BCUT2D eigenvalue weighted by Gasteiger charge is -2.16. The number of esters is 1. The Morgan fingerprint density at radius 2 is 2.05 bits per heavy atom. The minimum Gasteiger partial charge on any atom is -0.465 e. The monoisotopic (exact) mass is 319 g/mol. The summed E-state index contributed by atoms with van der Waals surface area (Å²) in [5, 5.41) is 0. The molecule has 1 heterocycles. The van der Waals surface area contributed by atoms with E-state index in [2.05, 4.69) is 14.5 Å². The Morgan fingerprint density at radius 3 is 2.45 bits per heavy atom. The van der Waals surface area contributed by atoms with E-state index in [0.717, 1.165) is 13.3 Å². The minimum atomic E-state index is -5.23. The fraction of sp³-hybridized carbons (Fsp3) is 0.400. The Balaban J connectivity index is 3.51. The molecule has 0 saturated heterocycles. The number of methoxy groups -OCH3 is 1. The topological polar surface area (TPSA) is 48.4 Å². The van der Waals surface area contributed by atoms with Gasteiger partial charge in [-0.25, -0.2) is 18.6 Å². The van der Waals surface area contributed by atoms with Gasteiger partial charge in [0.15, 0.2) is 0 Å². The molecule has 1 aromatic heterocycles. The number of aromatic nitrogens is 1. The summed E-state index contributed by atoms with van der Waals surface area (Å²) >= 11 is 5.44. The van der Waals surface area contributed by atoms with Gasteiger partial charge in [-0.05, 0) is 0 Å². The third-order valence-electron chi connectivity index (χ3n) is 2.12. The van der Waals surface area contributed by atoms with E-state index in [4.69, 9.17) is 11.6 Å². The van der Waals surface area contributed by atoms with Gasteiger partial charge in [-0.2, -0.15) is 0 Å². The molecule has 0 bridgehead atoms. The number of ether oxygens (including phenoxy) is 2. The quantitative estimate of drug-likeness (QED) is 0.484. The number of halogens is 6. The fourth-order valence-electron chi connectivity index (χ4n) is 1.39. The molecule has 1 aromatic rings. The zero-order valence-electron chi connectivity index (χ0n) is 9.80. The van der Waals surface area contributed by atoms with Gasteiger partial charge in [-0.3, -0.25) is 0 Å². The Kier molecular flexibility index (Phi) is 5.09. The summed E-state index contributed by atoms with van der Waals surface area (Å²) in [7, 11) is 0.889. The van der Waals surface area contributed by atoms with E-state index in [1.165, 1.54) is 0 Å². The molecule has 0 unspecified atom stereocenters. The van der Waals surface area contributed by atoms with E-state index < -0.39 is 41.6 Å². The normalized spacial score (nSPS) is 11.6. The molecule has 112 valence electrons. The predicted molar refractivity (Wildman–Crippen MR) is 56.8 cm³/mol. The van der Waals surface area contributed by atoms with E-state index in [0.29, 0.717) is 0 Å². The molecule has 0 spiro atoms. The average molecular weight is 320 g/mol. The van der Waals surface area contributed by atoms with Crippen LogP contribution < -0.4 is 4.74 Å². The van der Waals surface area contributed by atoms with Gasteiger partial charge in [0.1, 0.15) is 0 Å². The Morgan fingerprint density at radius 1 is 1.45 bits per heavy atom. The van der Waals surface area contributed by atoms with E-state index in [1.807, 2.05) is 0 Å². The molecule has 0 aliphatic carbocycles. The van der Waals surface area contributed by atoms with Crippen LogP contribution in [0.25, 0.3) is 0 Å². The fourth-order valence-corrected chi connectivity index (χ4v) is 1.59. The number of alkyl halides is 6. The molecule has 4 nitrogen and oxygen atoms in total. The van der Waals surface area contributed by atoms with Crippen LogP contribution in [0.1, 0.15) is 27.9 Å². The summed E-state index contributed by atoms with van der Waals surface area (Å²) in [6.07, 6.45) is -7.92. The summed E-state index contributed by atoms with van der Waals surface area (Å²) in [4.78, 5) is 14.6. The maximum atomic E-state index is 12.9. The van der Waals surface area contributed by atoms with Gasteiger partial charge in [-0.15, -0.1) is 24.8 Å². The van der Waals surface area contributed by atoms with Crippen LogP contribution in [-0.4, -0.2) is 24.4 Å². The zero-order valence-corrected chi connectivity index (χ0v) is 10.6. The van der Waals surface area contributed by atoms with Crippen LogP contribution in [-0.2, 0) is 10.6 Å². The molecule has 20 heavy (non-hydrogen) atoms. The largest absolute Gasteiger partial charge is 0.574 e. The Hall–Kier alpha value is -1.64. The van der Waals surface area contributed by atoms with Crippen LogP contribution in [0.4, 0.5) is 22.0 Å². The van der Waals surface area contributed by atoms with Crippen molar-refractivity contribution in [2.24, 2.45) is 0 Å². The van der Waals surface area contributed by atoms with Gasteiger partial charge in [0.2, 0.25) is 5.88 Å².